The molecule has 3 nitrogen and oxygen atoms in total. The summed E-state index contributed by atoms with van der Waals surface area (Å²) >= 11 is 3.84. The topological polar surface area (TPSA) is 46.2 Å². The van der Waals surface area contributed by atoms with Gasteiger partial charge in [0.15, 0.2) is 3.79 Å². The van der Waals surface area contributed by atoms with Gasteiger partial charge in [-0.3, -0.25) is 9.59 Å². The molecular formula is C8H13I2NO2. The number of carbonyl (C=O) groups is 2. The smallest absolute Gasteiger partial charge is 0.229 e. The lowest BCUT2D eigenvalue weighted by atomic mass is 10.2. The van der Waals surface area contributed by atoms with Crippen LogP contribution in [0.2, 0.25) is 0 Å². The lowest BCUT2D eigenvalue weighted by Gasteiger charge is -2.01. The van der Waals surface area contributed by atoms with Crippen molar-refractivity contribution in [2.24, 2.45) is 0 Å². The van der Waals surface area contributed by atoms with E-state index in [1.54, 1.807) is 0 Å². The second-order valence-electron chi connectivity index (χ2n) is 2.65. The third kappa shape index (κ3) is 10.5. The molecule has 0 aliphatic rings. The molecule has 0 aliphatic heterocycles. The first-order valence-electron chi connectivity index (χ1n) is 4.18. The van der Waals surface area contributed by atoms with Crippen molar-refractivity contribution in [2.45, 2.75) is 25.7 Å². The van der Waals surface area contributed by atoms with Gasteiger partial charge in [-0.15, -0.1) is 0 Å². The average molecular weight is 409 g/mol. The standard InChI is InChI=1S/C8H13I2NO2/c9-6-8(13)11-5-3-1-2-4-7(10)12/h1-6H2,(H,11,13). The predicted octanol–water partition coefficient (Wildman–Crippen LogP) is 2.06. The highest BCUT2D eigenvalue weighted by molar-refractivity contribution is 14.1. The second kappa shape index (κ2) is 9.17. The lowest BCUT2D eigenvalue weighted by Crippen LogP contribution is -2.25. The number of carbonyl (C=O) groups excluding carboxylic acids is 2. The van der Waals surface area contributed by atoms with Crippen LogP contribution in [0.3, 0.4) is 0 Å². The van der Waals surface area contributed by atoms with Crippen molar-refractivity contribution in [3.8, 4) is 0 Å². The van der Waals surface area contributed by atoms with Gasteiger partial charge in [-0.25, -0.2) is 0 Å². The molecule has 76 valence electrons. The number of unbranched alkanes of at least 4 members (excludes halogenated alkanes) is 2. The van der Waals surface area contributed by atoms with Gasteiger partial charge in [0.2, 0.25) is 5.91 Å². The van der Waals surface area contributed by atoms with Gasteiger partial charge >= 0.3 is 0 Å². The molecule has 0 saturated heterocycles. The highest BCUT2D eigenvalue weighted by Gasteiger charge is 1.97. The first-order valence-corrected chi connectivity index (χ1v) is 6.78. The van der Waals surface area contributed by atoms with Crippen molar-refractivity contribution in [1.29, 1.82) is 0 Å². The van der Waals surface area contributed by atoms with E-state index >= 15 is 0 Å². The van der Waals surface area contributed by atoms with Crippen LogP contribution in [-0.4, -0.2) is 20.7 Å². The van der Waals surface area contributed by atoms with Crippen LogP contribution in [0.25, 0.3) is 0 Å². The molecule has 0 aromatic carbocycles. The lowest BCUT2D eigenvalue weighted by molar-refractivity contribution is -0.118. The van der Waals surface area contributed by atoms with Gasteiger partial charge in [0.1, 0.15) is 0 Å². The normalized spacial score (nSPS) is 9.69. The highest BCUT2D eigenvalue weighted by atomic mass is 127. The minimum Gasteiger partial charge on any atom is -0.355 e. The zero-order valence-electron chi connectivity index (χ0n) is 7.32. The van der Waals surface area contributed by atoms with E-state index in [-0.39, 0.29) is 9.70 Å². The Kier molecular flexibility index (Phi) is 9.59. The third-order valence-electron chi connectivity index (χ3n) is 1.49. The van der Waals surface area contributed by atoms with Gasteiger partial charge in [-0.1, -0.05) is 29.0 Å². The Hall–Kier alpha value is 0.600. The fourth-order valence-electron chi connectivity index (χ4n) is 0.841. The minimum absolute atomic E-state index is 0.0885. The van der Waals surface area contributed by atoms with Crippen LogP contribution in [0.15, 0.2) is 0 Å². The quantitative estimate of drug-likeness (QED) is 0.303. The Morgan fingerprint density at radius 2 is 1.85 bits per heavy atom. The van der Waals surface area contributed by atoms with E-state index in [1.165, 1.54) is 0 Å². The van der Waals surface area contributed by atoms with Crippen molar-refractivity contribution < 1.29 is 9.59 Å². The van der Waals surface area contributed by atoms with Crippen LogP contribution in [0.5, 0.6) is 0 Å². The number of alkyl halides is 1. The van der Waals surface area contributed by atoms with E-state index < -0.39 is 0 Å². The highest BCUT2D eigenvalue weighted by Crippen LogP contribution is 2.03. The van der Waals surface area contributed by atoms with Crippen LogP contribution < -0.4 is 5.32 Å². The number of rotatable bonds is 7. The monoisotopic (exact) mass is 409 g/mol. The first-order chi connectivity index (χ1) is 6.16. The van der Waals surface area contributed by atoms with E-state index in [4.69, 9.17) is 0 Å². The Bertz CT molecular complexity index is 174. The summed E-state index contributed by atoms with van der Waals surface area (Å²) in [7, 11) is 0. The van der Waals surface area contributed by atoms with E-state index in [9.17, 15) is 9.59 Å². The molecule has 0 aliphatic carbocycles. The van der Waals surface area contributed by atoms with Gasteiger partial charge in [-0.2, -0.15) is 0 Å². The average Bonchev–Trinajstić information content (AvgIpc) is 2.10. The van der Waals surface area contributed by atoms with Crippen molar-refractivity contribution in [2.75, 3.05) is 11.0 Å². The molecule has 0 rings (SSSR count). The molecule has 0 atom stereocenters. The maximum absolute atomic E-state index is 10.8. The summed E-state index contributed by atoms with van der Waals surface area (Å²) in [6.07, 6.45) is 3.56. The molecule has 0 heterocycles. The minimum atomic E-state index is 0.0885. The Labute approximate surface area is 106 Å². The van der Waals surface area contributed by atoms with Gasteiger partial charge in [0.05, 0.1) is 4.43 Å². The number of amides is 1. The maximum Gasteiger partial charge on any atom is 0.229 e. The third-order valence-corrected chi connectivity index (χ3v) is 2.73. The molecular weight excluding hydrogens is 396 g/mol. The summed E-state index contributed by atoms with van der Waals surface area (Å²) in [6.45, 7) is 0.733. The second-order valence-corrected chi connectivity index (χ2v) is 4.62. The van der Waals surface area contributed by atoms with E-state index in [0.717, 1.165) is 25.8 Å². The van der Waals surface area contributed by atoms with Gasteiger partial charge in [0.25, 0.3) is 0 Å². The summed E-state index contributed by atoms with van der Waals surface area (Å²) in [5.41, 5.74) is 0. The van der Waals surface area contributed by atoms with E-state index in [2.05, 4.69) is 5.32 Å². The summed E-state index contributed by atoms with van der Waals surface area (Å²) in [5.74, 6) is 0.0885. The number of hydrogen-bond acceptors (Lipinski definition) is 2. The van der Waals surface area contributed by atoms with Crippen LogP contribution in [-0.2, 0) is 9.59 Å². The van der Waals surface area contributed by atoms with E-state index in [0.29, 0.717) is 10.8 Å². The molecule has 0 aromatic rings. The largest absolute Gasteiger partial charge is 0.355 e. The van der Waals surface area contributed by atoms with Crippen LogP contribution >= 0.6 is 45.2 Å². The molecule has 0 aromatic heterocycles. The molecule has 0 saturated carbocycles. The van der Waals surface area contributed by atoms with Gasteiger partial charge < -0.3 is 5.32 Å². The first kappa shape index (κ1) is 13.6. The Balaban J connectivity index is 3.08. The predicted molar refractivity (Wildman–Crippen MR) is 69.4 cm³/mol. The number of halogens is 2. The molecule has 0 unspecified atom stereocenters. The SMILES string of the molecule is O=C(I)CCCCCNC(=O)CI. The molecule has 1 amide bonds. The fraction of sp³-hybridized carbons (Fsp3) is 0.750. The Morgan fingerprint density at radius 3 is 2.38 bits per heavy atom. The summed E-state index contributed by atoms with van der Waals surface area (Å²) in [5, 5.41) is 2.79. The van der Waals surface area contributed by atoms with Crippen LogP contribution in [0.4, 0.5) is 0 Å². The summed E-state index contributed by atoms with van der Waals surface area (Å²) in [6, 6.07) is 0. The molecule has 13 heavy (non-hydrogen) atoms. The fourth-order valence-corrected chi connectivity index (χ4v) is 1.49. The zero-order chi connectivity index (χ0) is 10.1. The van der Waals surface area contributed by atoms with Crippen molar-refractivity contribution in [1.82, 2.24) is 5.32 Å². The van der Waals surface area contributed by atoms with Crippen LogP contribution in [0, 0.1) is 0 Å². The molecule has 0 fully saturated rings. The summed E-state index contributed by atoms with van der Waals surface area (Å²) in [4.78, 5) is 21.3. The number of nitrogens with one attached hydrogen (secondary N) is 1. The maximum atomic E-state index is 10.8. The van der Waals surface area contributed by atoms with Gasteiger partial charge in [0, 0.05) is 13.0 Å². The van der Waals surface area contributed by atoms with Crippen LogP contribution in [0.1, 0.15) is 25.7 Å². The molecule has 1 N–H and O–H groups in total. The molecule has 0 spiro atoms. The molecule has 5 heteroatoms. The Morgan fingerprint density at radius 1 is 1.15 bits per heavy atom. The van der Waals surface area contributed by atoms with Crippen molar-refractivity contribution in [3.05, 3.63) is 0 Å². The van der Waals surface area contributed by atoms with Crippen molar-refractivity contribution >= 4 is 54.9 Å². The zero-order valence-corrected chi connectivity index (χ0v) is 11.6. The van der Waals surface area contributed by atoms with E-state index in [1.807, 2.05) is 45.2 Å². The summed E-state index contributed by atoms with van der Waals surface area (Å²) < 4.78 is 0.734. The molecule has 0 radical (unpaired) electrons. The molecule has 0 bridgehead atoms. The van der Waals surface area contributed by atoms with Gasteiger partial charge in [-0.05, 0) is 35.4 Å². The van der Waals surface area contributed by atoms with Crippen molar-refractivity contribution in [3.63, 3.8) is 0 Å². The number of hydrogen-bond donors (Lipinski definition) is 1.